The van der Waals surface area contributed by atoms with Crippen LogP contribution in [0.25, 0.3) is 11.0 Å². The molecule has 4 rings (SSSR count). The van der Waals surface area contributed by atoms with Crippen LogP contribution in [0.4, 0.5) is 10.5 Å². The fourth-order valence-electron chi connectivity index (χ4n) is 3.24. The van der Waals surface area contributed by atoms with Crippen LogP contribution in [-0.4, -0.2) is 38.3 Å². The Labute approximate surface area is 161 Å². The third-order valence-electron chi connectivity index (χ3n) is 4.69. The lowest BCUT2D eigenvalue weighted by molar-refractivity contribution is -0.130. The van der Waals surface area contributed by atoms with Gasteiger partial charge in [-0.05, 0) is 23.8 Å². The number of hydrogen-bond donors (Lipinski definition) is 2. The number of rotatable bonds is 5. The monoisotopic (exact) mass is 377 g/mol. The van der Waals surface area contributed by atoms with Gasteiger partial charge in [0.05, 0.1) is 30.3 Å². The van der Waals surface area contributed by atoms with Gasteiger partial charge in [0.2, 0.25) is 5.91 Å². The molecule has 28 heavy (non-hydrogen) atoms. The Bertz CT molecular complexity index is 1060. The molecule has 0 saturated carbocycles. The Hall–Kier alpha value is -3.68. The van der Waals surface area contributed by atoms with Crippen LogP contribution in [0.5, 0.6) is 0 Å². The summed E-state index contributed by atoms with van der Waals surface area (Å²) >= 11 is 0. The summed E-state index contributed by atoms with van der Waals surface area (Å²) in [6.45, 7) is 0.181. The lowest BCUT2D eigenvalue weighted by atomic mass is 10.1. The van der Waals surface area contributed by atoms with Gasteiger partial charge in [-0.25, -0.2) is 9.78 Å². The minimum Gasteiger partial charge on any atom is -0.334 e. The Morgan fingerprint density at radius 1 is 1.18 bits per heavy atom. The standard InChI is InChI=1S/C20H19N5O3/c1-24-12-21-15-9-14(7-8-17(15)24)22-18(26)10-16-19(27)25(20(28)23-16)11-13-5-3-2-4-6-13/h2-9,12,16H,10-11H2,1H3,(H,22,26)(H,23,28). The van der Waals surface area contributed by atoms with E-state index in [2.05, 4.69) is 15.6 Å². The number of imide groups is 1. The van der Waals surface area contributed by atoms with Crippen molar-refractivity contribution in [2.24, 2.45) is 7.05 Å². The first-order chi connectivity index (χ1) is 13.5. The van der Waals surface area contributed by atoms with Gasteiger partial charge in [0.25, 0.3) is 5.91 Å². The lowest BCUT2D eigenvalue weighted by Crippen LogP contribution is -2.34. The van der Waals surface area contributed by atoms with Gasteiger partial charge in [-0.15, -0.1) is 0 Å². The average Bonchev–Trinajstić information content (AvgIpc) is 3.17. The Balaban J connectivity index is 1.39. The molecule has 1 aliphatic rings. The zero-order chi connectivity index (χ0) is 19.7. The number of imidazole rings is 1. The average molecular weight is 377 g/mol. The van der Waals surface area contributed by atoms with Crippen molar-refractivity contribution in [3.63, 3.8) is 0 Å². The summed E-state index contributed by atoms with van der Waals surface area (Å²) in [6.07, 6.45) is 1.57. The molecule has 1 fully saturated rings. The second kappa shape index (κ2) is 7.15. The largest absolute Gasteiger partial charge is 0.334 e. The molecule has 0 spiro atoms. The van der Waals surface area contributed by atoms with Gasteiger partial charge < -0.3 is 15.2 Å². The van der Waals surface area contributed by atoms with Crippen LogP contribution in [0.3, 0.4) is 0 Å². The van der Waals surface area contributed by atoms with Gasteiger partial charge in [0.1, 0.15) is 6.04 Å². The molecule has 1 aliphatic heterocycles. The molecule has 2 heterocycles. The van der Waals surface area contributed by atoms with E-state index in [1.54, 1.807) is 18.5 Å². The van der Waals surface area contributed by atoms with Crippen molar-refractivity contribution >= 4 is 34.6 Å². The third-order valence-corrected chi connectivity index (χ3v) is 4.69. The van der Waals surface area contributed by atoms with Crippen molar-refractivity contribution in [1.29, 1.82) is 0 Å². The number of carbonyl (C=O) groups excluding carboxylic acids is 3. The third kappa shape index (κ3) is 3.44. The predicted molar refractivity (Wildman–Crippen MR) is 103 cm³/mol. The number of anilines is 1. The second-order valence-corrected chi connectivity index (χ2v) is 6.72. The molecule has 0 radical (unpaired) electrons. The molecule has 1 atom stereocenters. The number of nitrogens with one attached hydrogen (secondary N) is 2. The maximum Gasteiger partial charge on any atom is 0.325 e. The predicted octanol–water partition coefficient (Wildman–Crippen LogP) is 2.02. The topological polar surface area (TPSA) is 96.3 Å². The highest BCUT2D eigenvalue weighted by molar-refractivity contribution is 6.07. The van der Waals surface area contributed by atoms with Crippen molar-refractivity contribution < 1.29 is 14.4 Å². The van der Waals surface area contributed by atoms with Crippen LogP contribution in [0, 0.1) is 0 Å². The van der Waals surface area contributed by atoms with Crippen molar-refractivity contribution in [3.05, 3.63) is 60.4 Å². The SMILES string of the molecule is Cn1cnc2cc(NC(=O)CC3NC(=O)N(Cc4ccccc4)C3=O)ccc21. The molecule has 1 saturated heterocycles. The summed E-state index contributed by atoms with van der Waals surface area (Å²) in [6, 6.07) is 13.3. The smallest absolute Gasteiger partial charge is 0.325 e. The molecule has 8 heteroatoms. The van der Waals surface area contributed by atoms with E-state index < -0.39 is 18.0 Å². The molecule has 1 aromatic heterocycles. The second-order valence-electron chi connectivity index (χ2n) is 6.72. The number of amides is 4. The van der Waals surface area contributed by atoms with E-state index in [9.17, 15) is 14.4 Å². The van der Waals surface area contributed by atoms with Gasteiger partial charge in [-0.3, -0.25) is 14.5 Å². The summed E-state index contributed by atoms with van der Waals surface area (Å²) < 4.78 is 1.88. The number of urea groups is 1. The Morgan fingerprint density at radius 3 is 2.75 bits per heavy atom. The molecule has 0 aliphatic carbocycles. The number of aromatic nitrogens is 2. The van der Waals surface area contributed by atoms with Crippen molar-refractivity contribution in [1.82, 2.24) is 19.8 Å². The van der Waals surface area contributed by atoms with Crippen molar-refractivity contribution in [2.45, 2.75) is 19.0 Å². The van der Waals surface area contributed by atoms with E-state index in [0.29, 0.717) is 5.69 Å². The van der Waals surface area contributed by atoms with Gasteiger partial charge in [-0.2, -0.15) is 0 Å². The van der Waals surface area contributed by atoms with Crippen LogP contribution < -0.4 is 10.6 Å². The normalized spacial score (nSPS) is 16.5. The number of fused-ring (bicyclic) bond motifs is 1. The van der Waals surface area contributed by atoms with E-state index in [0.717, 1.165) is 21.5 Å². The summed E-state index contributed by atoms with van der Waals surface area (Å²) in [5.74, 6) is -0.750. The minimum atomic E-state index is -0.866. The fraction of sp³-hybridized carbons (Fsp3) is 0.200. The number of hydrogen-bond acceptors (Lipinski definition) is 4. The molecule has 4 amide bonds. The summed E-state index contributed by atoms with van der Waals surface area (Å²) in [5.41, 5.74) is 3.15. The highest BCUT2D eigenvalue weighted by atomic mass is 16.2. The Morgan fingerprint density at radius 2 is 1.96 bits per heavy atom. The molecular formula is C20H19N5O3. The van der Waals surface area contributed by atoms with Crippen LogP contribution in [0.1, 0.15) is 12.0 Å². The van der Waals surface area contributed by atoms with E-state index in [4.69, 9.17) is 0 Å². The van der Waals surface area contributed by atoms with Gasteiger partial charge in [0, 0.05) is 12.7 Å². The molecule has 2 aromatic carbocycles. The number of benzene rings is 2. The molecular weight excluding hydrogens is 358 g/mol. The summed E-state index contributed by atoms with van der Waals surface area (Å²) in [7, 11) is 1.89. The zero-order valence-corrected chi connectivity index (χ0v) is 15.3. The molecule has 3 aromatic rings. The first kappa shape index (κ1) is 17.7. The van der Waals surface area contributed by atoms with Gasteiger partial charge >= 0.3 is 6.03 Å². The van der Waals surface area contributed by atoms with E-state index in [1.807, 2.05) is 48.0 Å². The van der Waals surface area contributed by atoms with Crippen LogP contribution >= 0.6 is 0 Å². The van der Waals surface area contributed by atoms with Crippen molar-refractivity contribution in [2.75, 3.05) is 5.32 Å². The van der Waals surface area contributed by atoms with E-state index >= 15 is 0 Å². The number of aryl methyl sites for hydroxylation is 1. The fourth-order valence-corrected chi connectivity index (χ4v) is 3.24. The van der Waals surface area contributed by atoms with Crippen LogP contribution in [-0.2, 0) is 23.2 Å². The Kier molecular flexibility index (Phi) is 4.52. The summed E-state index contributed by atoms with van der Waals surface area (Å²) in [4.78, 5) is 42.4. The van der Waals surface area contributed by atoms with Crippen LogP contribution in [0.15, 0.2) is 54.9 Å². The van der Waals surface area contributed by atoms with E-state index in [1.165, 1.54) is 0 Å². The first-order valence-corrected chi connectivity index (χ1v) is 8.88. The van der Waals surface area contributed by atoms with Crippen LogP contribution in [0.2, 0.25) is 0 Å². The van der Waals surface area contributed by atoms with Gasteiger partial charge in [-0.1, -0.05) is 30.3 Å². The molecule has 0 bridgehead atoms. The molecule has 142 valence electrons. The highest BCUT2D eigenvalue weighted by Crippen LogP contribution is 2.19. The van der Waals surface area contributed by atoms with E-state index in [-0.39, 0.29) is 18.9 Å². The quantitative estimate of drug-likeness (QED) is 0.665. The lowest BCUT2D eigenvalue weighted by Gasteiger charge is -2.13. The number of nitrogens with zero attached hydrogens (tertiary/aromatic N) is 3. The maximum absolute atomic E-state index is 12.5. The summed E-state index contributed by atoms with van der Waals surface area (Å²) in [5, 5.41) is 5.34. The zero-order valence-electron chi connectivity index (χ0n) is 15.3. The van der Waals surface area contributed by atoms with Crippen molar-refractivity contribution in [3.8, 4) is 0 Å². The molecule has 1 unspecified atom stereocenters. The molecule has 8 nitrogen and oxygen atoms in total. The van der Waals surface area contributed by atoms with Gasteiger partial charge in [0.15, 0.2) is 0 Å². The number of carbonyl (C=O) groups is 3. The highest BCUT2D eigenvalue weighted by Gasteiger charge is 2.38. The minimum absolute atomic E-state index is 0.129. The molecule has 2 N–H and O–H groups in total. The maximum atomic E-state index is 12.5. The first-order valence-electron chi connectivity index (χ1n) is 8.88.